The maximum Gasteiger partial charge on any atom is 0.309 e. The lowest BCUT2D eigenvalue weighted by molar-refractivity contribution is -0.136. The zero-order chi connectivity index (χ0) is 12.3. The highest BCUT2D eigenvalue weighted by Crippen LogP contribution is 2.11. The summed E-state index contributed by atoms with van der Waals surface area (Å²) in [6.45, 7) is 2.71. The summed E-state index contributed by atoms with van der Waals surface area (Å²) in [6.07, 6.45) is 3.28. The second-order valence-corrected chi connectivity index (χ2v) is 4.01. The normalized spacial score (nSPS) is 10.4. The highest BCUT2D eigenvalue weighted by atomic mass is 16.4. The molecule has 1 aromatic heterocycles. The van der Waals surface area contributed by atoms with Crippen LogP contribution in [-0.2, 0) is 17.8 Å². The van der Waals surface area contributed by atoms with E-state index in [9.17, 15) is 4.79 Å². The van der Waals surface area contributed by atoms with Gasteiger partial charge in [-0.3, -0.25) is 4.79 Å². The van der Waals surface area contributed by atoms with E-state index in [1.54, 1.807) is 12.5 Å². The molecule has 4 heteroatoms. The van der Waals surface area contributed by atoms with Gasteiger partial charge in [0, 0.05) is 18.4 Å². The Bertz CT molecular complexity index is 532. The van der Waals surface area contributed by atoms with Crippen LogP contribution in [0.15, 0.2) is 36.8 Å². The molecule has 0 bridgehead atoms. The van der Waals surface area contributed by atoms with E-state index >= 15 is 0 Å². The summed E-state index contributed by atoms with van der Waals surface area (Å²) in [5.41, 5.74) is 3.10. The fourth-order valence-corrected chi connectivity index (χ4v) is 1.76. The molecule has 0 aliphatic heterocycles. The summed E-state index contributed by atoms with van der Waals surface area (Å²) in [7, 11) is 0. The van der Waals surface area contributed by atoms with Crippen molar-refractivity contribution < 1.29 is 9.90 Å². The Morgan fingerprint density at radius 3 is 2.88 bits per heavy atom. The Labute approximate surface area is 99.5 Å². The first kappa shape index (κ1) is 11.4. The van der Waals surface area contributed by atoms with Crippen molar-refractivity contribution >= 4 is 5.97 Å². The van der Waals surface area contributed by atoms with E-state index in [0.717, 1.165) is 5.69 Å². The third kappa shape index (κ3) is 2.72. The molecule has 0 unspecified atom stereocenters. The number of hydrogen-bond donors (Lipinski definition) is 1. The van der Waals surface area contributed by atoms with Crippen LogP contribution < -0.4 is 0 Å². The number of aryl methyl sites for hydroxylation is 1. The lowest BCUT2D eigenvalue weighted by Gasteiger charge is -2.09. The predicted octanol–water partition coefficient (Wildman–Crippen LogP) is 1.87. The largest absolute Gasteiger partial charge is 0.481 e. The van der Waals surface area contributed by atoms with E-state index in [-0.39, 0.29) is 6.42 Å². The van der Waals surface area contributed by atoms with Crippen LogP contribution in [0, 0.1) is 6.92 Å². The third-order valence-electron chi connectivity index (χ3n) is 2.73. The first-order valence-electron chi connectivity index (χ1n) is 5.42. The maximum absolute atomic E-state index is 10.7. The second kappa shape index (κ2) is 4.82. The number of rotatable bonds is 4. The number of carboxylic acid groups (broad SMARTS) is 1. The first-order chi connectivity index (χ1) is 8.16. The Hall–Kier alpha value is -2.10. The van der Waals surface area contributed by atoms with Crippen molar-refractivity contribution in [1.29, 1.82) is 0 Å². The number of imidazole rings is 1. The van der Waals surface area contributed by atoms with Crippen LogP contribution in [0.3, 0.4) is 0 Å². The molecular weight excluding hydrogens is 216 g/mol. The molecule has 2 aromatic rings. The minimum atomic E-state index is -0.837. The Balaban J connectivity index is 2.22. The number of aliphatic carboxylic acids is 1. The number of benzene rings is 1. The molecule has 0 fully saturated rings. The SMILES string of the molecule is Cc1ccccc1Cn1cncc1CC(=O)O. The van der Waals surface area contributed by atoms with E-state index in [2.05, 4.69) is 4.98 Å². The van der Waals surface area contributed by atoms with E-state index < -0.39 is 5.97 Å². The molecule has 0 aliphatic carbocycles. The molecule has 0 aliphatic rings. The second-order valence-electron chi connectivity index (χ2n) is 4.01. The summed E-state index contributed by atoms with van der Waals surface area (Å²) in [6, 6.07) is 8.06. The van der Waals surface area contributed by atoms with Crippen LogP contribution in [0.25, 0.3) is 0 Å². The van der Waals surface area contributed by atoms with Crippen LogP contribution in [-0.4, -0.2) is 20.6 Å². The standard InChI is InChI=1S/C13H14N2O2/c1-10-4-2-3-5-11(10)8-15-9-14-7-12(15)6-13(16)17/h2-5,7,9H,6,8H2,1H3,(H,16,17). The van der Waals surface area contributed by atoms with Gasteiger partial charge in [0.25, 0.3) is 0 Å². The lowest BCUT2D eigenvalue weighted by Crippen LogP contribution is -2.09. The van der Waals surface area contributed by atoms with Crippen LogP contribution >= 0.6 is 0 Å². The molecule has 88 valence electrons. The smallest absolute Gasteiger partial charge is 0.309 e. The molecule has 4 nitrogen and oxygen atoms in total. The molecule has 1 aromatic carbocycles. The van der Waals surface area contributed by atoms with Gasteiger partial charge in [0.05, 0.1) is 12.7 Å². The monoisotopic (exact) mass is 230 g/mol. The molecule has 0 amide bonds. The highest BCUT2D eigenvalue weighted by molar-refractivity contribution is 5.69. The van der Waals surface area contributed by atoms with Gasteiger partial charge in [0.1, 0.15) is 0 Å². The van der Waals surface area contributed by atoms with Crippen LogP contribution in [0.2, 0.25) is 0 Å². The molecule has 0 radical (unpaired) electrons. The van der Waals surface area contributed by atoms with Crippen molar-refractivity contribution in [3.05, 3.63) is 53.6 Å². The highest BCUT2D eigenvalue weighted by Gasteiger charge is 2.07. The molecule has 0 saturated carbocycles. The van der Waals surface area contributed by atoms with Crippen molar-refractivity contribution in [2.45, 2.75) is 19.9 Å². The zero-order valence-electron chi connectivity index (χ0n) is 9.63. The van der Waals surface area contributed by atoms with Gasteiger partial charge >= 0.3 is 5.97 Å². The minimum Gasteiger partial charge on any atom is -0.481 e. The zero-order valence-corrected chi connectivity index (χ0v) is 9.63. The molecule has 0 atom stereocenters. The average Bonchev–Trinajstić information content (AvgIpc) is 2.68. The van der Waals surface area contributed by atoms with E-state index in [1.165, 1.54) is 11.1 Å². The summed E-state index contributed by atoms with van der Waals surface area (Å²) < 4.78 is 1.87. The molecule has 17 heavy (non-hydrogen) atoms. The topological polar surface area (TPSA) is 55.1 Å². The number of hydrogen-bond acceptors (Lipinski definition) is 2. The molecular formula is C13H14N2O2. The van der Waals surface area contributed by atoms with Crippen LogP contribution in [0.1, 0.15) is 16.8 Å². The number of aromatic nitrogens is 2. The Morgan fingerprint density at radius 1 is 1.41 bits per heavy atom. The molecule has 1 N–H and O–H groups in total. The van der Waals surface area contributed by atoms with Gasteiger partial charge in [0.2, 0.25) is 0 Å². The minimum absolute atomic E-state index is 0.00583. The Kier molecular flexibility index (Phi) is 3.23. The lowest BCUT2D eigenvalue weighted by atomic mass is 10.1. The van der Waals surface area contributed by atoms with Gasteiger partial charge in [-0.25, -0.2) is 4.98 Å². The van der Waals surface area contributed by atoms with Gasteiger partial charge in [-0.1, -0.05) is 24.3 Å². The van der Waals surface area contributed by atoms with Crippen molar-refractivity contribution in [2.75, 3.05) is 0 Å². The quantitative estimate of drug-likeness (QED) is 0.872. The van der Waals surface area contributed by atoms with Gasteiger partial charge < -0.3 is 9.67 Å². The number of carbonyl (C=O) groups is 1. The summed E-state index contributed by atoms with van der Waals surface area (Å²) in [4.78, 5) is 14.7. The van der Waals surface area contributed by atoms with E-state index in [4.69, 9.17) is 5.11 Å². The van der Waals surface area contributed by atoms with Gasteiger partial charge in [-0.05, 0) is 18.1 Å². The molecule has 0 saturated heterocycles. The van der Waals surface area contributed by atoms with E-state index in [1.807, 2.05) is 35.8 Å². The Morgan fingerprint density at radius 2 is 2.18 bits per heavy atom. The van der Waals surface area contributed by atoms with Crippen molar-refractivity contribution in [3.8, 4) is 0 Å². The predicted molar refractivity (Wildman–Crippen MR) is 63.8 cm³/mol. The first-order valence-corrected chi connectivity index (χ1v) is 5.42. The molecule has 2 rings (SSSR count). The van der Waals surface area contributed by atoms with Gasteiger partial charge in [-0.2, -0.15) is 0 Å². The third-order valence-corrected chi connectivity index (χ3v) is 2.73. The van der Waals surface area contributed by atoms with Crippen molar-refractivity contribution in [2.24, 2.45) is 0 Å². The van der Waals surface area contributed by atoms with Gasteiger partial charge in [-0.15, -0.1) is 0 Å². The number of carboxylic acids is 1. The van der Waals surface area contributed by atoms with Crippen LogP contribution in [0.4, 0.5) is 0 Å². The average molecular weight is 230 g/mol. The van der Waals surface area contributed by atoms with Crippen molar-refractivity contribution in [3.63, 3.8) is 0 Å². The molecule has 0 spiro atoms. The fourth-order valence-electron chi connectivity index (χ4n) is 1.76. The van der Waals surface area contributed by atoms with E-state index in [0.29, 0.717) is 6.54 Å². The maximum atomic E-state index is 10.7. The summed E-state index contributed by atoms with van der Waals surface area (Å²) in [5.74, 6) is -0.837. The number of nitrogens with zero attached hydrogens (tertiary/aromatic N) is 2. The fraction of sp³-hybridized carbons (Fsp3) is 0.231. The van der Waals surface area contributed by atoms with Crippen molar-refractivity contribution in [1.82, 2.24) is 9.55 Å². The van der Waals surface area contributed by atoms with Gasteiger partial charge in [0.15, 0.2) is 0 Å². The van der Waals surface area contributed by atoms with Crippen LogP contribution in [0.5, 0.6) is 0 Å². The summed E-state index contributed by atoms with van der Waals surface area (Å²) >= 11 is 0. The molecule has 1 heterocycles. The summed E-state index contributed by atoms with van der Waals surface area (Å²) in [5, 5.41) is 8.79.